The molecule has 0 spiro atoms. The highest BCUT2D eigenvalue weighted by Gasteiger charge is 2.20. The van der Waals surface area contributed by atoms with Gasteiger partial charge in [0.15, 0.2) is 0 Å². The molecule has 1 fully saturated rings. The zero-order valence-corrected chi connectivity index (χ0v) is 13.1. The highest BCUT2D eigenvalue weighted by molar-refractivity contribution is 8.00. The average molecular weight is 292 g/mol. The van der Waals surface area contributed by atoms with Crippen molar-refractivity contribution in [1.82, 2.24) is 5.32 Å². The summed E-state index contributed by atoms with van der Waals surface area (Å²) >= 11 is 1.77. The van der Waals surface area contributed by atoms with Crippen LogP contribution in [0.5, 0.6) is 0 Å². The number of piperidine rings is 1. The van der Waals surface area contributed by atoms with Crippen molar-refractivity contribution in [3.63, 3.8) is 0 Å². The number of nitrogens with one attached hydrogen (secondary N) is 2. The number of amides is 1. The number of hydrogen-bond acceptors (Lipinski definition) is 3. The molecule has 0 radical (unpaired) electrons. The Kier molecular flexibility index (Phi) is 5.92. The Hall–Kier alpha value is -1.00. The van der Waals surface area contributed by atoms with Crippen LogP contribution in [0.25, 0.3) is 0 Å². The summed E-state index contributed by atoms with van der Waals surface area (Å²) in [4.78, 5) is 11.9. The van der Waals surface area contributed by atoms with Crippen molar-refractivity contribution in [2.75, 3.05) is 24.2 Å². The van der Waals surface area contributed by atoms with Gasteiger partial charge in [-0.15, -0.1) is 11.8 Å². The molecule has 1 amide bonds. The van der Waals surface area contributed by atoms with Crippen molar-refractivity contribution in [2.45, 2.75) is 31.9 Å². The van der Waals surface area contributed by atoms with Crippen LogP contribution < -0.4 is 10.6 Å². The first-order chi connectivity index (χ1) is 9.65. The summed E-state index contributed by atoms with van der Waals surface area (Å²) in [5.41, 5.74) is 2.09. The molecule has 4 heteroatoms. The third kappa shape index (κ3) is 4.84. The fourth-order valence-electron chi connectivity index (χ4n) is 2.49. The van der Waals surface area contributed by atoms with Crippen LogP contribution in [-0.4, -0.2) is 30.0 Å². The maximum Gasteiger partial charge on any atom is 0.234 e. The molecule has 0 aliphatic carbocycles. The monoisotopic (exact) mass is 292 g/mol. The van der Waals surface area contributed by atoms with Crippen molar-refractivity contribution >= 4 is 23.4 Å². The van der Waals surface area contributed by atoms with Gasteiger partial charge in [-0.1, -0.05) is 24.6 Å². The molecule has 1 heterocycles. The molecule has 0 bridgehead atoms. The van der Waals surface area contributed by atoms with Gasteiger partial charge >= 0.3 is 0 Å². The summed E-state index contributed by atoms with van der Waals surface area (Å²) in [5.74, 6) is 1.38. The molecule has 1 unspecified atom stereocenters. The van der Waals surface area contributed by atoms with E-state index in [9.17, 15) is 4.79 Å². The van der Waals surface area contributed by atoms with Gasteiger partial charge < -0.3 is 10.6 Å². The molecule has 2 N–H and O–H groups in total. The Morgan fingerprint density at radius 3 is 2.65 bits per heavy atom. The van der Waals surface area contributed by atoms with Gasteiger partial charge in [0, 0.05) is 10.9 Å². The number of aryl methyl sites for hydroxylation is 1. The number of thioether (sulfide) groups is 1. The summed E-state index contributed by atoms with van der Waals surface area (Å²) < 4.78 is 0. The van der Waals surface area contributed by atoms with E-state index in [2.05, 4.69) is 17.6 Å². The van der Waals surface area contributed by atoms with Crippen LogP contribution >= 0.6 is 11.8 Å². The topological polar surface area (TPSA) is 41.1 Å². The third-order valence-corrected chi connectivity index (χ3v) is 5.20. The predicted octanol–water partition coefficient (Wildman–Crippen LogP) is 3.05. The van der Waals surface area contributed by atoms with E-state index in [0.29, 0.717) is 11.0 Å². The van der Waals surface area contributed by atoms with E-state index in [4.69, 9.17) is 0 Å². The molecule has 0 aromatic heterocycles. The molecule has 20 heavy (non-hydrogen) atoms. The van der Waals surface area contributed by atoms with E-state index >= 15 is 0 Å². The van der Waals surface area contributed by atoms with Crippen molar-refractivity contribution in [3.05, 3.63) is 29.8 Å². The molecule has 2 rings (SSSR count). The van der Waals surface area contributed by atoms with Gasteiger partial charge in [-0.05, 0) is 50.9 Å². The quantitative estimate of drug-likeness (QED) is 0.876. The van der Waals surface area contributed by atoms with Crippen LogP contribution in [0.1, 0.15) is 25.3 Å². The van der Waals surface area contributed by atoms with Crippen LogP contribution in [0, 0.1) is 12.8 Å². The largest absolute Gasteiger partial charge is 0.325 e. The van der Waals surface area contributed by atoms with Gasteiger partial charge in [-0.2, -0.15) is 0 Å². The lowest BCUT2D eigenvalue weighted by Crippen LogP contribution is -2.32. The molecule has 1 aromatic carbocycles. The third-order valence-electron chi connectivity index (χ3n) is 3.86. The molecule has 1 saturated heterocycles. The van der Waals surface area contributed by atoms with Gasteiger partial charge in [0.2, 0.25) is 5.91 Å². The first kappa shape index (κ1) is 15.4. The molecular weight excluding hydrogens is 268 g/mol. The van der Waals surface area contributed by atoms with E-state index in [1.807, 2.05) is 31.2 Å². The van der Waals surface area contributed by atoms with Crippen molar-refractivity contribution in [2.24, 2.45) is 5.92 Å². The SMILES string of the molecule is Cc1ccc(NC(=O)CSC(C)C2CCNCC2)cc1. The minimum Gasteiger partial charge on any atom is -0.325 e. The summed E-state index contributed by atoms with van der Waals surface area (Å²) in [5, 5.41) is 6.89. The predicted molar refractivity (Wildman–Crippen MR) is 87.3 cm³/mol. The highest BCUT2D eigenvalue weighted by atomic mass is 32.2. The van der Waals surface area contributed by atoms with E-state index in [1.54, 1.807) is 11.8 Å². The van der Waals surface area contributed by atoms with Gasteiger partial charge in [-0.3, -0.25) is 4.79 Å². The standard InChI is InChI=1S/C16H24N2OS/c1-12-3-5-15(6-4-12)18-16(19)11-20-13(2)14-7-9-17-10-8-14/h3-6,13-14,17H,7-11H2,1-2H3,(H,18,19). The first-order valence-corrected chi connectivity index (χ1v) is 8.39. The van der Waals surface area contributed by atoms with Gasteiger partial charge in [0.05, 0.1) is 5.75 Å². The van der Waals surface area contributed by atoms with Gasteiger partial charge in [0.25, 0.3) is 0 Å². The molecular formula is C16H24N2OS. The van der Waals surface area contributed by atoms with Crippen molar-refractivity contribution < 1.29 is 4.79 Å². The molecule has 110 valence electrons. The highest BCUT2D eigenvalue weighted by Crippen LogP contribution is 2.26. The second-order valence-electron chi connectivity index (χ2n) is 5.52. The first-order valence-electron chi connectivity index (χ1n) is 7.34. The van der Waals surface area contributed by atoms with Crippen LogP contribution in [0.3, 0.4) is 0 Å². The molecule has 1 aliphatic rings. The number of carbonyl (C=O) groups excluding carboxylic acids is 1. The lowest BCUT2D eigenvalue weighted by Gasteiger charge is -2.27. The number of benzene rings is 1. The summed E-state index contributed by atoms with van der Waals surface area (Å²) in [6.45, 7) is 6.53. The van der Waals surface area contributed by atoms with Crippen molar-refractivity contribution in [3.8, 4) is 0 Å². The summed E-state index contributed by atoms with van der Waals surface area (Å²) in [6, 6.07) is 7.93. The maximum absolute atomic E-state index is 11.9. The zero-order valence-electron chi connectivity index (χ0n) is 12.3. The lowest BCUT2D eigenvalue weighted by atomic mass is 9.95. The van der Waals surface area contributed by atoms with Crippen LogP contribution in [0.4, 0.5) is 5.69 Å². The number of carbonyl (C=O) groups is 1. The average Bonchev–Trinajstić information content (AvgIpc) is 2.48. The fourth-order valence-corrected chi connectivity index (χ4v) is 3.52. The Morgan fingerprint density at radius 2 is 2.00 bits per heavy atom. The summed E-state index contributed by atoms with van der Waals surface area (Å²) in [7, 11) is 0. The smallest absolute Gasteiger partial charge is 0.234 e. The molecule has 1 atom stereocenters. The second-order valence-corrected chi connectivity index (χ2v) is 6.88. The number of rotatable bonds is 5. The van der Waals surface area contributed by atoms with Crippen LogP contribution in [0.2, 0.25) is 0 Å². The minimum atomic E-state index is 0.0969. The zero-order chi connectivity index (χ0) is 14.4. The van der Waals surface area contributed by atoms with E-state index < -0.39 is 0 Å². The number of anilines is 1. The Labute approximate surface area is 125 Å². The molecule has 1 aliphatic heterocycles. The number of hydrogen-bond donors (Lipinski definition) is 2. The van der Waals surface area contributed by atoms with Gasteiger partial charge in [0.1, 0.15) is 0 Å². The Morgan fingerprint density at radius 1 is 1.35 bits per heavy atom. The van der Waals surface area contributed by atoms with E-state index in [-0.39, 0.29) is 5.91 Å². The maximum atomic E-state index is 11.9. The van der Waals surface area contributed by atoms with Crippen LogP contribution in [-0.2, 0) is 4.79 Å². The van der Waals surface area contributed by atoms with E-state index in [1.165, 1.54) is 18.4 Å². The fraction of sp³-hybridized carbons (Fsp3) is 0.562. The second kappa shape index (κ2) is 7.70. The summed E-state index contributed by atoms with van der Waals surface area (Å²) in [6.07, 6.45) is 2.46. The lowest BCUT2D eigenvalue weighted by molar-refractivity contribution is -0.113. The molecule has 3 nitrogen and oxygen atoms in total. The van der Waals surface area contributed by atoms with Crippen molar-refractivity contribution in [1.29, 1.82) is 0 Å². The molecule has 1 aromatic rings. The van der Waals surface area contributed by atoms with Gasteiger partial charge in [-0.25, -0.2) is 0 Å². The molecule has 0 saturated carbocycles. The minimum absolute atomic E-state index is 0.0969. The Bertz CT molecular complexity index is 427. The van der Waals surface area contributed by atoms with E-state index in [0.717, 1.165) is 24.7 Å². The van der Waals surface area contributed by atoms with Crippen LogP contribution in [0.15, 0.2) is 24.3 Å². The normalized spacial score (nSPS) is 17.7. The Balaban J connectivity index is 1.72.